The molecule has 0 saturated carbocycles. The Bertz CT molecular complexity index is 1970. The monoisotopic (exact) mass is 728 g/mol. The molecule has 7 nitrogen and oxygen atoms in total. The van der Waals surface area contributed by atoms with Crippen LogP contribution >= 0.6 is 11.8 Å². The Hall–Kier alpha value is -5.17. The molecule has 0 fully saturated rings. The Balaban J connectivity index is 1.37. The van der Waals surface area contributed by atoms with Crippen LogP contribution in [-0.4, -0.2) is 43.1 Å². The topological polar surface area (TPSA) is 88.1 Å². The highest BCUT2D eigenvalue weighted by molar-refractivity contribution is 7.99. The Morgan fingerprint density at radius 2 is 1.59 bits per heavy atom. The number of alkyl halides is 5. The maximum atomic E-state index is 14.2. The van der Waals surface area contributed by atoms with Crippen LogP contribution in [0.4, 0.5) is 22.0 Å². The number of benzene rings is 4. The van der Waals surface area contributed by atoms with Gasteiger partial charge >= 0.3 is 30.0 Å². The standard InChI is InChI=1S/C38H33F5O7S/c1-5-51-34-30(37(39,40)38(41,42)43)8-6-9-32(34)49-33(44)17-11-25-10-16-31(24(4)20-25)50-36(46)28-13-12-27-22-29(15-14-26(27)21-28)47-18-7-19-48-35(45)23(2)3/h6,8-17,20-22H,2,5,7,18-19H2,1,3-4H3/b17-11+. The summed E-state index contributed by atoms with van der Waals surface area (Å²) in [5.41, 5.74) is 0.392. The van der Waals surface area contributed by atoms with Crippen molar-refractivity contribution in [1.82, 2.24) is 0 Å². The van der Waals surface area contributed by atoms with Crippen LogP contribution < -0.4 is 14.2 Å². The second kappa shape index (κ2) is 16.7. The van der Waals surface area contributed by atoms with E-state index < -0.39 is 46.2 Å². The van der Waals surface area contributed by atoms with Gasteiger partial charge in [-0.05, 0) is 90.0 Å². The van der Waals surface area contributed by atoms with Gasteiger partial charge in [-0.25, -0.2) is 14.4 Å². The summed E-state index contributed by atoms with van der Waals surface area (Å²) >= 11 is 0.699. The van der Waals surface area contributed by atoms with Gasteiger partial charge in [0.1, 0.15) is 17.2 Å². The highest BCUT2D eigenvalue weighted by Gasteiger charge is 2.59. The summed E-state index contributed by atoms with van der Waals surface area (Å²) in [6.45, 7) is 8.90. The van der Waals surface area contributed by atoms with E-state index in [0.29, 0.717) is 58.9 Å². The first kappa shape index (κ1) is 38.6. The molecule has 0 unspecified atom stereocenters. The Morgan fingerprint density at radius 3 is 2.27 bits per heavy atom. The molecule has 4 aromatic rings. The van der Waals surface area contributed by atoms with E-state index in [2.05, 4.69) is 6.58 Å². The van der Waals surface area contributed by atoms with Crippen molar-refractivity contribution >= 4 is 46.5 Å². The maximum Gasteiger partial charge on any atom is 0.458 e. The lowest BCUT2D eigenvalue weighted by atomic mass is 10.1. The Kier molecular flexibility index (Phi) is 12.6. The Morgan fingerprint density at radius 1 is 0.863 bits per heavy atom. The van der Waals surface area contributed by atoms with Crippen molar-refractivity contribution in [1.29, 1.82) is 0 Å². The lowest BCUT2D eigenvalue weighted by Crippen LogP contribution is -2.34. The summed E-state index contributed by atoms with van der Waals surface area (Å²) in [4.78, 5) is 36.5. The zero-order valence-electron chi connectivity index (χ0n) is 27.8. The number of thioether (sulfide) groups is 1. The molecule has 268 valence electrons. The molecule has 0 spiro atoms. The molecule has 0 aliphatic heterocycles. The highest BCUT2D eigenvalue weighted by atomic mass is 32.2. The van der Waals surface area contributed by atoms with Crippen LogP contribution in [-0.2, 0) is 20.2 Å². The van der Waals surface area contributed by atoms with Gasteiger partial charge in [0.25, 0.3) is 0 Å². The summed E-state index contributed by atoms with van der Waals surface area (Å²) in [5.74, 6) is -6.58. The van der Waals surface area contributed by atoms with Crippen molar-refractivity contribution in [3.63, 3.8) is 0 Å². The van der Waals surface area contributed by atoms with Crippen molar-refractivity contribution in [2.75, 3.05) is 19.0 Å². The van der Waals surface area contributed by atoms with Gasteiger partial charge in [-0.3, -0.25) is 0 Å². The molecule has 0 atom stereocenters. The molecule has 0 amide bonds. The van der Waals surface area contributed by atoms with E-state index in [4.69, 9.17) is 18.9 Å². The molecule has 0 aromatic heterocycles. The summed E-state index contributed by atoms with van der Waals surface area (Å²) in [7, 11) is 0. The predicted octanol–water partition coefficient (Wildman–Crippen LogP) is 9.64. The van der Waals surface area contributed by atoms with Gasteiger partial charge in [0, 0.05) is 23.6 Å². The van der Waals surface area contributed by atoms with Crippen LogP contribution in [0.25, 0.3) is 16.8 Å². The minimum Gasteiger partial charge on any atom is -0.493 e. The van der Waals surface area contributed by atoms with Crippen LogP contribution in [0.5, 0.6) is 17.2 Å². The first-order valence-electron chi connectivity index (χ1n) is 15.5. The number of hydrogen-bond donors (Lipinski definition) is 0. The van der Waals surface area contributed by atoms with E-state index in [1.54, 1.807) is 63.2 Å². The summed E-state index contributed by atoms with van der Waals surface area (Å²) < 4.78 is 89.2. The normalized spacial score (nSPS) is 11.8. The molecular formula is C38H33F5O7S. The third-order valence-corrected chi connectivity index (χ3v) is 8.17. The smallest absolute Gasteiger partial charge is 0.458 e. The molecule has 0 radical (unpaired) electrons. The number of esters is 3. The van der Waals surface area contributed by atoms with E-state index in [1.807, 2.05) is 6.07 Å². The molecule has 51 heavy (non-hydrogen) atoms. The van der Waals surface area contributed by atoms with Crippen LogP contribution in [0.3, 0.4) is 0 Å². The molecule has 0 bridgehead atoms. The zero-order chi connectivity index (χ0) is 37.3. The van der Waals surface area contributed by atoms with Crippen LogP contribution in [0.1, 0.15) is 47.3 Å². The number of carbonyl (C=O) groups is 3. The van der Waals surface area contributed by atoms with Gasteiger partial charge in [0.05, 0.1) is 23.7 Å². The second-order valence-corrected chi connectivity index (χ2v) is 12.4. The van der Waals surface area contributed by atoms with E-state index >= 15 is 0 Å². The van der Waals surface area contributed by atoms with Crippen LogP contribution in [0.2, 0.25) is 0 Å². The highest BCUT2D eigenvalue weighted by Crippen LogP contribution is 2.49. The van der Waals surface area contributed by atoms with E-state index in [0.717, 1.165) is 29.0 Å². The number of fused-ring (bicyclic) bond motifs is 1. The largest absolute Gasteiger partial charge is 0.493 e. The quantitative estimate of drug-likeness (QED) is 0.0317. The Labute approximate surface area is 295 Å². The molecule has 0 aliphatic carbocycles. The average Bonchev–Trinajstić information content (AvgIpc) is 3.08. The third-order valence-electron chi connectivity index (χ3n) is 7.17. The number of halogens is 5. The molecular weight excluding hydrogens is 695 g/mol. The first-order valence-corrected chi connectivity index (χ1v) is 16.5. The maximum absolute atomic E-state index is 14.2. The minimum absolute atomic E-state index is 0.152. The lowest BCUT2D eigenvalue weighted by molar-refractivity contribution is -0.290. The number of aryl methyl sites for hydroxylation is 1. The van der Waals surface area contributed by atoms with Gasteiger partial charge in [-0.15, -0.1) is 11.8 Å². The van der Waals surface area contributed by atoms with Gasteiger partial charge in [-0.2, -0.15) is 22.0 Å². The SMILES string of the molecule is C=C(C)C(=O)OCCCOc1ccc2cc(C(=O)Oc3ccc(/C=C/C(=O)Oc4cccc(C(F)(F)C(F)(F)F)c4SCC)cc3C)ccc2c1. The van der Waals surface area contributed by atoms with Crippen LogP contribution in [0.15, 0.2) is 95.9 Å². The summed E-state index contributed by atoms with van der Waals surface area (Å²) in [6, 6.07) is 17.9. The molecule has 0 saturated heterocycles. The number of hydrogen-bond acceptors (Lipinski definition) is 8. The third kappa shape index (κ3) is 9.97. The fraction of sp³-hybridized carbons (Fsp3) is 0.237. The predicted molar refractivity (Wildman–Crippen MR) is 183 cm³/mol. The number of carbonyl (C=O) groups excluding carboxylic acids is 3. The molecule has 13 heteroatoms. The van der Waals surface area contributed by atoms with Gasteiger partial charge in [0.2, 0.25) is 0 Å². The number of ether oxygens (including phenoxy) is 4. The fourth-order valence-corrected chi connectivity index (χ4v) is 5.52. The van der Waals surface area contributed by atoms with Gasteiger partial charge in [-0.1, -0.05) is 43.8 Å². The average molecular weight is 729 g/mol. The van der Waals surface area contributed by atoms with E-state index in [1.165, 1.54) is 12.1 Å². The number of rotatable bonds is 14. The van der Waals surface area contributed by atoms with Gasteiger partial charge < -0.3 is 18.9 Å². The molecule has 4 aromatic carbocycles. The summed E-state index contributed by atoms with van der Waals surface area (Å²) in [5, 5.41) is 1.60. The van der Waals surface area contributed by atoms with Gasteiger partial charge in [0.15, 0.2) is 0 Å². The molecule has 0 aliphatic rings. The van der Waals surface area contributed by atoms with Crippen molar-refractivity contribution in [2.45, 2.75) is 44.2 Å². The molecule has 0 N–H and O–H groups in total. The molecule has 0 heterocycles. The lowest BCUT2D eigenvalue weighted by Gasteiger charge is -2.23. The van der Waals surface area contributed by atoms with Crippen molar-refractivity contribution in [2.24, 2.45) is 0 Å². The molecule has 4 rings (SSSR count). The first-order chi connectivity index (χ1) is 24.1. The van der Waals surface area contributed by atoms with Crippen molar-refractivity contribution in [3.8, 4) is 17.2 Å². The fourth-order valence-electron chi connectivity index (χ4n) is 4.62. The summed E-state index contributed by atoms with van der Waals surface area (Å²) in [6.07, 6.45) is -2.97. The van der Waals surface area contributed by atoms with Crippen molar-refractivity contribution in [3.05, 3.63) is 113 Å². The van der Waals surface area contributed by atoms with Crippen LogP contribution in [0, 0.1) is 6.92 Å². The van der Waals surface area contributed by atoms with E-state index in [-0.39, 0.29) is 18.1 Å². The minimum atomic E-state index is -5.83. The van der Waals surface area contributed by atoms with Crippen molar-refractivity contribution < 1.29 is 55.3 Å². The second-order valence-electron chi connectivity index (χ2n) is 11.1. The van der Waals surface area contributed by atoms with E-state index in [9.17, 15) is 36.3 Å². The zero-order valence-corrected chi connectivity index (χ0v) is 28.6.